The molecule has 30 heavy (non-hydrogen) atoms. The number of phenolic OH excluding ortho intramolecular Hbond substituents is 1. The van der Waals surface area contributed by atoms with Crippen molar-refractivity contribution in [3.63, 3.8) is 0 Å². The van der Waals surface area contributed by atoms with Crippen molar-refractivity contribution >= 4 is 22.7 Å². The average molecular weight is 405 g/mol. The zero-order chi connectivity index (χ0) is 22.5. The van der Waals surface area contributed by atoms with Gasteiger partial charge in [0.05, 0.1) is 22.7 Å². The fourth-order valence-corrected chi connectivity index (χ4v) is 2.50. The number of hydrogen-bond donors (Lipinski definition) is 1. The molecule has 0 aliphatic carbocycles. The Morgan fingerprint density at radius 3 is 1.43 bits per heavy atom. The molecular weight excluding hydrogens is 372 g/mol. The van der Waals surface area contributed by atoms with E-state index in [1.165, 1.54) is 5.56 Å². The van der Waals surface area contributed by atoms with Gasteiger partial charge in [-0.25, -0.2) is 0 Å². The number of aromatic hydroxyl groups is 1. The van der Waals surface area contributed by atoms with Gasteiger partial charge in [-0.1, -0.05) is 45.4 Å². The molecule has 0 atom stereocenters. The standard InChI is InChI=1S/C21H20N4O.2C2H6/c1-14-4-6-17(7-5-14)22-24-19-12-15(2)21(16(3)13-19)25-23-18-8-10-20(26)11-9-18;2*1-2/h4-13,26H,1-3H3;2*1-2H3. The molecule has 5 heteroatoms. The highest BCUT2D eigenvalue weighted by Crippen LogP contribution is 2.31. The molecule has 3 aromatic rings. The van der Waals surface area contributed by atoms with Crippen LogP contribution in [0.5, 0.6) is 5.75 Å². The van der Waals surface area contributed by atoms with Crippen LogP contribution >= 0.6 is 0 Å². The van der Waals surface area contributed by atoms with Gasteiger partial charge >= 0.3 is 0 Å². The predicted octanol–water partition coefficient (Wildman–Crippen LogP) is 9.20. The lowest BCUT2D eigenvalue weighted by Gasteiger charge is -2.05. The molecule has 158 valence electrons. The minimum atomic E-state index is 0.208. The molecule has 0 aliphatic heterocycles. The Morgan fingerprint density at radius 1 is 0.533 bits per heavy atom. The molecule has 0 saturated heterocycles. The summed E-state index contributed by atoms with van der Waals surface area (Å²) in [5.41, 5.74) is 6.25. The lowest BCUT2D eigenvalue weighted by molar-refractivity contribution is 0.475. The topological polar surface area (TPSA) is 69.7 Å². The third-order valence-electron chi connectivity index (χ3n) is 3.91. The maximum Gasteiger partial charge on any atom is 0.115 e. The summed E-state index contributed by atoms with van der Waals surface area (Å²) in [4.78, 5) is 0. The Hall–Kier alpha value is -3.34. The first kappa shape index (κ1) is 24.7. The lowest BCUT2D eigenvalue weighted by atomic mass is 10.1. The minimum absolute atomic E-state index is 0.208. The van der Waals surface area contributed by atoms with Crippen molar-refractivity contribution in [2.75, 3.05) is 0 Å². The summed E-state index contributed by atoms with van der Waals surface area (Å²) in [6, 6.07) is 18.4. The predicted molar refractivity (Wildman–Crippen MR) is 126 cm³/mol. The van der Waals surface area contributed by atoms with Gasteiger partial charge in [0, 0.05) is 0 Å². The van der Waals surface area contributed by atoms with Crippen molar-refractivity contribution in [3.05, 3.63) is 77.4 Å². The Balaban J connectivity index is 0.00000106. The fraction of sp³-hybridized carbons (Fsp3) is 0.280. The van der Waals surface area contributed by atoms with Crippen LogP contribution in [0, 0.1) is 20.8 Å². The van der Waals surface area contributed by atoms with Gasteiger partial charge in [0.1, 0.15) is 5.75 Å². The summed E-state index contributed by atoms with van der Waals surface area (Å²) in [7, 11) is 0. The first-order valence-corrected chi connectivity index (χ1v) is 10.3. The second-order valence-electron chi connectivity index (χ2n) is 6.18. The minimum Gasteiger partial charge on any atom is -0.508 e. The van der Waals surface area contributed by atoms with Crippen LogP contribution in [0.25, 0.3) is 0 Å². The van der Waals surface area contributed by atoms with E-state index in [-0.39, 0.29) is 5.75 Å². The molecule has 0 aromatic heterocycles. The highest BCUT2D eigenvalue weighted by Gasteiger charge is 2.05. The van der Waals surface area contributed by atoms with E-state index in [9.17, 15) is 5.11 Å². The monoisotopic (exact) mass is 404 g/mol. The van der Waals surface area contributed by atoms with E-state index in [4.69, 9.17) is 0 Å². The van der Waals surface area contributed by atoms with E-state index in [0.717, 1.165) is 28.2 Å². The lowest BCUT2D eigenvalue weighted by Crippen LogP contribution is -1.80. The molecular formula is C25H32N4O. The van der Waals surface area contributed by atoms with Gasteiger partial charge in [-0.3, -0.25) is 0 Å². The molecule has 0 bridgehead atoms. The average Bonchev–Trinajstić information content (AvgIpc) is 2.77. The van der Waals surface area contributed by atoms with E-state index in [1.54, 1.807) is 24.3 Å². The Labute approximate surface area is 180 Å². The molecule has 0 amide bonds. The maximum atomic E-state index is 9.32. The largest absolute Gasteiger partial charge is 0.508 e. The molecule has 0 aliphatic rings. The van der Waals surface area contributed by atoms with Crippen molar-refractivity contribution < 1.29 is 5.11 Å². The highest BCUT2D eigenvalue weighted by molar-refractivity contribution is 5.59. The van der Waals surface area contributed by atoms with Crippen molar-refractivity contribution in [3.8, 4) is 5.75 Å². The first-order valence-electron chi connectivity index (χ1n) is 10.3. The van der Waals surface area contributed by atoms with Gasteiger partial charge in [-0.2, -0.15) is 20.5 Å². The number of benzene rings is 3. The molecule has 0 spiro atoms. The smallest absolute Gasteiger partial charge is 0.115 e. The van der Waals surface area contributed by atoms with Gasteiger partial charge in [0.15, 0.2) is 0 Å². The summed E-state index contributed by atoms with van der Waals surface area (Å²) in [6.45, 7) is 14.0. The van der Waals surface area contributed by atoms with Crippen LogP contribution in [0.3, 0.4) is 0 Å². The van der Waals surface area contributed by atoms with E-state index >= 15 is 0 Å². The number of nitrogens with zero attached hydrogens (tertiary/aromatic N) is 4. The van der Waals surface area contributed by atoms with Crippen LogP contribution in [-0.2, 0) is 0 Å². The van der Waals surface area contributed by atoms with Crippen molar-refractivity contribution in [1.29, 1.82) is 0 Å². The van der Waals surface area contributed by atoms with Crippen LogP contribution < -0.4 is 0 Å². The van der Waals surface area contributed by atoms with Crippen molar-refractivity contribution in [1.82, 2.24) is 0 Å². The van der Waals surface area contributed by atoms with Gasteiger partial charge < -0.3 is 5.11 Å². The SMILES string of the molecule is CC.CC.Cc1ccc(N=Nc2cc(C)c(N=Nc3ccc(O)cc3)c(C)c2)cc1. The van der Waals surface area contributed by atoms with E-state index < -0.39 is 0 Å². The van der Waals surface area contributed by atoms with Crippen LogP contribution in [0.4, 0.5) is 22.7 Å². The van der Waals surface area contributed by atoms with Gasteiger partial charge in [0.25, 0.3) is 0 Å². The molecule has 1 N–H and O–H groups in total. The normalized spacial score (nSPS) is 10.4. The van der Waals surface area contributed by atoms with Crippen LogP contribution in [0.15, 0.2) is 81.1 Å². The first-order chi connectivity index (χ1) is 14.5. The third kappa shape index (κ3) is 7.59. The quantitative estimate of drug-likeness (QED) is 0.432. The summed E-state index contributed by atoms with van der Waals surface area (Å²) in [6.07, 6.45) is 0. The van der Waals surface area contributed by atoms with Crippen molar-refractivity contribution in [2.45, 2.75) is 48.5 Å². The summed E-state index contributed by atoms with van der Waals surface area (Å²) >= 11 is 0. The number of aryl methyl sites for hydroxylation is 3. The van der Waals surface area contributed by atoms with Crippen LogP contribution in [0.1, 0.15) is 44.4 Å². The highest BCUT2D eigenvalue weighted by atomic mass is 16.3. The molecule has 0 unspecified atom stereocenters. The number of phenols is 1. The van der Waals surface area contributed by atoms with Crippen LogP contribution in [0.2, 0.25) is 0 Å². The zero-order valence-corrected chi connectivity index (χ0v) is 19.0. The fourth-order valence-electron chi connectivity index (χ4n) is 2.50. The zero-order valence-electron chi connectivity index (χ0n) is 19.0. The van der Waals surface area contributed by atoms with Crippen molar-refractivity contribution in [2.24, 2.45) is 20.5 Å². The molecule has 5 nitrogen and oxygen atoms in total. The molecule has 0 radical (unpaired) electrons. The number of azo groups is 2. The second kappa shape index (κ2) is 13.0. The molecule has 0 saturated carbocycles. The van der Waals surface area contributed by atoms with Gasteiger partial charge in [-0.05, 0) is 80.4 Å². The van der Waals surface area contributed by atoms with Gasteiger partial charge in [0.2, 0.25) is 0 Å². The van der Waals surface area contributed by atoms with Gasteiger partial charge in [-0.15, -0.1) is 0 Å². The van der Waals surface area contributed by atoms with E-state index in [2.05, 4.69) is 20.5 Å². The third-order valence-corrected chi connectivity index (χ3v) is 3.91. The van der Waals surface area contributed by atoms with Crippen LogP contribution in [-0.4, -0.2) is 5.11 Å². The van der Waals surface area contributed by atoms with E-state index in [0.29, 0.717) is 5.69 Å². The van der Waals surface area contributed by atoms with E-state index in [1.807, 2.05) is 84.9 Å². The summed E-state index contributed by atoms with van der Waals surface area (Å²) < 4.78 is 0. The number of rotatable bonds is 4. The molecule has 0 heterocycles. The maximum absolute atomic E-state index is 9.32. The summed E-state index contributed by atoms with van der Waals surface area (Å²) in [5.74, 6) is 0.208. The molecule has 3 rings (SSSR count). The second-order valence-corrected chi connectivity index (χ2v) is 6.18. The Morgan fingerprint density at radius 2 is 0.933 bits per heavy atom. The summed E-state index contributed by atoms with van der Waals surface area (Å²) in [5, 5.41) is 26.5. The Bertz CT molecular complexity index is 936. The molecule has 0 fully saturated rings. The Kier molecular flexibility index (Phi) is 10.7. The molecule has 3 aromatic carbocycles. The number of hydrogen-bond acceptors (Lipinski definition) is 5.